The summed E-state index contributed by atoms with van der Waals surface area (Å²) in [5.74, 6) is 1.18. The van der Waals surface area contributed by atoms with Crippen molar-refractivity contribution in [3.8, 4) is 22.7 Å². The Morgan fingerprint density at radius 2 is 1.68 bits per heavy atom. The summed E-state index contributed by atoms with van der Waals surface area (Å²) in [6.45, 7) is 4.19. The average molecular weight is 431 g/mol. The summed E-state index contributed by atoms with van der Waals surface area (Å²) in [6, 6.07) is 17.2. The second kappa shape index (κ2) is 7.56. The Bertz CT molecular complexity index is 1440. The lowest BCUT2D eigenvalue weighted by molar-refractivity contribution is 0.537. The lowest BCUT2D eigenvalue weighted by Crippen LogP contribution is -2.22. The van der Waals surface area contributed by atoms with Gasteiger partial charge in [0.1, 0.15) is 17.0 Å². The third-order valence-corrected chi connectivity index (χ3v) is 5.51. The topological polar surface area (TPSA) is 65.3 Å². The molecule has 3 aromatic heterocycles. The molecule has 0 bridgehead atoms. The number of nitrogens with zero attached hydrogens (tertiary/aromatic N) is 4. The van der Waals surface area contributed by atoms with Crippen LogP contribution in [0.1, 0.15) is 17.0 Å². The van der Waals surface area contributed by atoms with Crippen LogP contribution >= 0.6 is 11.6 Å². The van der Waals surface area contributed by atoms with Gasteiger partial charge in [-0.25, -0.2) is 9.50 Å². The fourth-order valence-electron chi connectivity index (χ4n) is 3.47. The Labute approximate surface area is 183 Å². The molecule has 0 saturated heterocycles. The van der Waals surface area contributed by atoms with Crippen LogP contribution in [-0.4, -0.2) is 19.2 Å². The van der Waals surface area contributed by atoms with Crippen molar-refractivity contribution in [1.82, 2.24) is 19.2 Å². The molecule has 154 valence electrons. The summed E-state index contributed by atoms with van der Waals surface area (Å²) in [4.78, 5) is 17.7. The molecular formula is C24H19ClN4O2. The van der Waals surface area contributed by atoms with Crippen LogP contribution in [0, 0.1) is 13.8 Å². The van der Waals surface area contributed by atoms with Gasteiger partial charge in [-0.05, 0) is 44.2 Å². The van der Waals surface area contributed by atoms with Crippen molar-refractivity contribution in [2.24, 2.45) is 0 Å². The maximum Gasteiger partial charge on any atom is 0.276 e. The van der Waals surface area contributed by atoms with Crippen LogP contribution in [0.15, 0.2) is 76.2 Å². The van der Waals surface area contributed by atoms with Crippen LogP contribution in [0.2, 0.25) is 5.02 Å². The standard InChI is InChI=1S/C24H19ClN4O2/c1-15-3-5-17(6-4-15)20-13-22-24(30)28(11-12-29(22)27-20)14-21-16(2)31-23(26-21)18-7-9-19(25)10-8-18/h3-13H,14H2,1-2H3. The Morgan fingerprint density at radius 3 is 2.42 bits per heavy atom. The van der Waals surface area contributed by atoms with Crippen molar-refractivity contribution in [1.29, 1.82) is 0 Å². The maximum absolute atomic E-state index is 13.1. The third kappa shape index (κ3) is 3.66. The monoisotopic (exact) mass is 430 g/mol. The Morgan fingerprint density at radius 1 is 0.968 bits per heavy atom. The first-order chi connectivity index (χ1) is 15.0. The van der Waals surface area contributed by atoms with E-state index in [4.69, 9.17) is 16.0 Å². The predicted octanol–water partition coefficient (Wildman–Crippen LogP) is 5.14. The van der Waals surface area contributed by atoms with Gasteiger partial charge in [-0.15, -0.1) is 0 Å². The second-order valence-corrected chi connectivity index (χ2v) is 7.92. The molecule has 7 heteroatoms. The summed E-state index contributed by atoms with van der Waals surface area (Å²) in [7, 11) is 0. The van der Waals surface area contributed by atoms with E-state index >= 15 is 0 Å². The number of aromatic nitrogens is 4. The number of hydrogen-bond donors (Lipinski definition) is 0. The molecule has 0 aliphatic rings. The normalized spacial score (nSPS) is 11.3. The van der Waals surface area contributed by atoms with Gasteiger partial charge in [0, 0.05) is 28.5 Å². The van der Waals surface area contributed by atoms with Gasteiger partial charge in [0.2, 0.25) is 5.89 Å². The fourth-order valence-corrected chi connectivity index (χ4v) is 3.59. The Hall–Kier alpha value is -3.64. The van der Waals surface area contributed by atoms with E-state index in [-0.39, 0.29) is 5.56 Å². The highest BCUT2D eigenvalue weighted by Gasteiger charge is 2.14. The van der Waals surface area contributed by atoms with Crippen molar-refractivity contribution in [2.75, 3.05) is 0 Å². The van der Waals surface area contributed by atoms with Gasteiger partial charge < -0.3 is 8.98 Å². The van der Waals surface area contributed by atoms with Crippen molar-refractivity contribution in [2.45, 2.75) is 20.4 Å². The molecule has 0 unspecified atom stereocenters. The van der Waals surface area contributed by atoms with E-state index in [1.807, 2.05) is 56.3 Å². The lowest BCUT2D eigenvalue weighted by Gasteiger charge is -2.04. The smallest absolute Gasteiger partial charge is 0.276 e. The summed E-state index contributed by atoms with van der Waals surface area (Å²) < 4.78 is 9.06. The number of benzene rings is 2. The molecule has 31 heavy (non-hydrogen) atoms. The zero-order valence-electron chi connectivity index (χ0n) is 17.0. The van der Waals surface area contributed by atoms with Crippen molar-refractivity contribution in [3.05, 3.63) is 99.4 Å². The number of oxazole rings is 1. The number of rotatable bonds is 4. The highest BCUT2D eigenvalue weighted by molar-refractivity contribution is 6.30. The van der Waals surface area contributed by atoms with Crippen LogP contribution in [0.4, 0.5) is 0 Å². The van der Waals surface area contributed by atoms with Crippen LogP contribution in [0.25, 0.3) is 28.2 Å². The van der Waals surface area contributed by atoms with E-state index in [0.717, 1.165) is 16.8 Å². The van der Waals surface area contributed by atoms with E-state index in [9.17, 15) is 4.79 Å². The molecule has 0 N–H and O–H groups in total. The summed E-state index contributed by atoms with van der Waals surface area (Å²) in [6.07, 6.45) is 3.50. The quantitative estimate of drug-likeness (QED) is 0.396. The third-order valence-electron chi connectivity index (χ3n) is 5.25. The molecule has 6 nitrogen and oxygen atoms in total. The molecule has 0 aliphatic carbocycles. The Kier molecular flexibility index (Phi) is 4.71. The molecule has 0 amide bonds. The van der Waals surface area contributed by atoms with E-state index in [0.29, 0.717) is 34.4 Å². The number of hydrogen-bond acceptors (Lipinski definition) is 4. The van der Waals surface area contributed by atoms with Crippen LogP contribution in [-0.2, 0) is 6.54 Å². The van der Waals surface area contributed by atoms with Crippen molar-refractivity contribution < 1.29 is 4.42 Å². The molecule has 0 atom stereocenters. The van der Waals surface area contributed by atoms with Gasteiger partial charge in [0.15, 0.2) is 0 Å². The molecule has 0 radical (unpaired) electrons. The second-order valence-electron chi connectivity index (χ2n) is 7.49. The Balaban J connectivity index is 1.48. The number of aryl methyl sites for hydroxylation is 2. The minimum absolute atomic E-state index is 0.135. The predicted molar refractivity (Wildman–Crippen MR) is 120 cm³/mol. The number of fused-ring (bicyclic) bond motifs is 1. The van der Waals surface area contributed by atoms with E-state index in [2.05, 4.69) is 10.1 Å². The number of halogens is 1. The van der Waals surface area contributed by atoms with E-state index < -0.39 is 0 Å². The molecule has 2 aromatic carbocycles. The van der Waals surface area contributed by atoms with Gasteiger partial charge in [-0.1, -0.05) is 41.4 Å². The molecule has 3 heterocycles. The van der Waals surface area contributed by atoms with Gasteiger partial charge in [0.05, 0.1) is 12.2 Å². The highest BCUT2D eigenvalue weighted by atomic mass is 35.5. The average Bonchev–Trinajstić information content (AvgIpc) is 3.36. The summed E-state index contributed by atoms with van der Waals surface area (Å²) in [5.41, 5.74) is 4.82. The van der Waals surface area contributed by atoms with Gasteiger partial charge in [-0.3, -0.25) is 4.79 Å². The fraction of sp³-hybridized carbons (Fsp3) is 0.125. The summed E-state index contributed by atoms with van der Waals surface area (Å²) in [5, 5.41) is 5.20. The molecule has 0 saturated carbocycles. The molecule has 0 aliphatic heterocycles. The van der Waals surface area contributed by atoms with E-state index in [1.54, 1.807) is 33.6 Å². The first kappa shape index (κ1) is 19.3. The van der Waals surface area contributed by atoms with Crippen LogP contribution in [0.3, 0.4) is 0 Å². The van der Waals surface area contributed by atoms with Gasteiger partial charge >= 0.3 is 0 Å². The molecule has 0 spiro atoms. The minimum Gasteiger partial charge on any atom is -0.441 e. The van der Waals surface area contributed by atoms with Crippen molar-refractivity contribution >= 4 is 17.1 Å². The van der Waals surface area contributed by atoms with Gasteiger partial charge in [0.25, 0.3) is 5.56 Å². The molecular weight excluding hydrogens is 412 g/mol. The molecule has 5 aromatic rings. The zero-order valence-corrected chi connectivity index (χ0v) is 17.8. The van der Waals surface area contributed by atoms with Crippen LogP contribution < -0.4 is 5.56 Å². The first-order valence-electron chi connectivity index (χ1n) is 9.86. The van der Waals surface area contributed by atoms with E-state index in [1.165, 1.54) is 5.56 Å². The summed E-state index contributed by atoms with van der Waals surface area (Å²) >= 11 is 5.96. The molecule has 5 rings (SSSR count). The zero-order chi connectivity index (χ0) is 21.5. The lowest BCUT2D eigenvalue weighted by atomic mass is 10.1. The SMILES string of the molecule is Cc1ccc(-c2cc3c(=O)n(Cc4nc(-c5ccc(Cl)cc5)oc4C)ccn3n2)cc1. The van der Waals surface area contributed by atoms with Crippen LogP contribution in [0.5, 0.6) is 0 Å². The minimum atomic E-state index is -0.135. The van der Waals surface area contributed by atoms with Gasteiger partial charge in [-0.2, -0.15) is 5.10 Å². The maximum atomic E-state index is 13.1. The molecule has 0 fully saturated rings. The first-order valence-corrected chi connectivity index (χ1v) is 10.2. The van der Waals surface area contributed by atoms with Crippen molar-refractivity contribution in [3.63, 3.8) is 0 Å². The largest absolute Gasteiger partial charge is 0.441 e. The highest BCUT2D eigenvalue weighted by Crippen LogP contribution is 2.24.